The highest BCUT2D eigenvalue weighted by molar-refractivity contribution is 7.91. The molecule has 0 aliphatic carbocycles. The van der Waals surface area contributed by atoms with Crippen LogP contribution in [0, 0.1) is 0 Å². The summed E-state index contributed by atoms with van der Waals surface area (Å²) < 4.78 is 28.4. The van der Waals surface area contributed by atoms with Crippen molar-refractivity contribution in [2.24, 2.45) is 0 Å². The molecule has 1 N–H and O–H groups in total. The highest BCUT2D eigenvalue weighted by atomic mass is 32.2. The second-order valence-corrected chi connectivity index (χ2v) is 8.32. The number of hydrogen-bond donors (Lipinski definition) is 1. The second-order valence-electron chi connectivity index (χ2n) is 6.09. The predicted octanol–water partition coefficient (Wildman–Crippen LogP) is 1.49. The van der Waals surface area contributed by atoms with Gasteiger partial charge in [0.05, 0.1) is 29.9 Å². The van der Waals surface area contributed by atoms with Gasteiger partial charge in [0, 0.05) is 25.5 Å². The Morgan fingerprint density at radius 2 is 1.96 bits per heavy atom. The van der Waals surface area contributed by atoms with Gasteiger partial charge in [-0.15, -0.1) is 0 Å². The minimum absolute atomic E-state index is 0.00351. The van der Waals surface area contributed by atoms with Crippen molar-refractivity contribution in [1.29, 1.82) is 0 Å². The van der Waals surface area contributed by atoms with Gasteiger partial charge >= 0.3 is 0 Å². The topological polar surface area (TPSA) is 101 Å². The number of hydrogen-bond acceptors (Lipinski definition) is 7. The monoisotopic (exact) mass is 376 g/mol. The molecule has 3 rings (SSSR count). The summed E-state index contributed by atoms with van der Waals surface area (Å²) in [6.45, 7) is 0. The van der Waals surface area contributed by atoms with Crippen LogP contribution in [0.25, 0.3) is 0 Å². The molecule has 1 atom stereocenters. The molecule has 0 spiro atoms. The van der Waals surface area contributed by atoms with Crippen LogP contribution < -0.4 is 10.1 Å². The largest absolute Gasteiger partial charge is 0.495 e. The van der Waals surface area contributed by atoms with Crippen molar-refractivity contribution in [3.8, 4) is 5.75 Å². The number of sulfone groups is 1. The maximum Gasteiger partial charge on any atom is 0.257 e. The van der Waals surface area contributed by atoms with Crippen LogP contribution in [0.4, 0.5) is 11.6 Å². The summed E-state index contributed by atoms with van der Waals surface area (Å²) in [6.07, 6.45) is 3.30. The Kier molecular flexibility index (Phi) is 5.08. The van der Waals surface area contributed by atoms with Gasteiger partial charge in [-0.05, 0) is 18.6 Å². The van der Waals surface area contributed by atoms with E-state index in [2.05, 4.69) is 15.3 Å². The summed E-state index contributed by atoms with van der Waals surface area (Å²) in [5, 5.41) is 3.03. The maximum absolute atomic E-state index is 12.5. The van der Waals surface area contributed by atoms with Crippen molar-refractivity contribution in [3.63, 3.8) is 0 Å². The average Bonchev–Trinajstić information content (AvgIpc) is 3.01. The molecular formula is C17H20N4O4S. The molecule has 0 saturated carbocycles. The SMILES string of the molecule is COc1ccccc1Nc1ncc(C(=O)N(C)C2CCS(=O)(=O)C2)cn1. The van der Waals surface area contributed by atoms with Crippen molar-refractivity contribution in [2.75, 3.05) is 31.0 Å². The van der Waals surface area contributed by atoms with E-state index >= 15 is 0 Å². The van der Waals surface area contributed by atoms with Crippen LogP contribution in [0.15, 0.2) is 36.7 Å². The van der Waals surface area contributed by atoms with Crippen LogP contribution in [-0.4, -0.2) is 60.9 Å². The smallest absolute Gasteiger partial charge is 0.257 e. The molecular weight excluding hydrogens is 356 g/mol. The van der Waals surface area contributed by atoms with Crippen molar-refractivity contribution >= 4 is 27.4 Å². The molecule has 1 aliphatic rings. The van der Waals surface area contributed by atoms with Crippen LogP contribution >= 0.6 is 0 Å². The lowest BCUT2D eigenvalue weighted by atomic mass is 10.2. The molecule has 2 aromatic rings. The molecule has 1 amide bonds. The van der Waals surface area contributed by atoms with E-state index in [4.69, 9.17) is 4.74 Å². The quantitative estimate of drug-likeness (QED) is 0.843. The minimum Gasteiger partial charge on any atom is -0.495 e. The Morgan fingerprint density at radius 3 is 2.58 bits per heavy atom. The molecule has 2 heterocycles. The third kappa shape index (κ3) is 3.93. The van der Waals surface area contributed by atoms with Crippen LogP contribution in [0.5, 0.6) is 5.75 Å². The number of nitrogens with zero attached hydrogens (tertiary/aromatic N) is 3. The minimum atomic E-state index is -3.05. The number of nitrogens with one attached hydrogen (secondary N) is 1. The van der Waals surface area contributed by atoms with Gasteiger partial charge in [-0.25, -0.2) is 18.4 Å². The summed E-state index contributed by atoms with van der Waals surface area (Å²) in [7, 11) is 0.126. The summed E-state index contributed by atoms with van der Waals surface area (Å²) in [5.41, 5.74) is 1.02. The summed E-state index contributed by atoms with van der Waals surface area (Å²) >= 11 is 0. The van der Waals surface area contributed by atoms with E-state index in [0.29, 0.717) is 29.4 Å². The zero-order chi connectivity index (χ0) is 18.7. The van der Waals surface area contributed by atoms with Crippen molar-refractivity contribution < 1.29 is 17.9 Å². The van der Waals surface area contributed by atoms with Crippen LogP contribution in [0.3, 0.4) is 0 Å². The number of methoxy groups -OCH3 is 1. The summed E-state index contributed by atoms with van der Waals surface area (Å²) in [5.74, 6) is 0.809. The molecule has 138 valence electrons. The van der Waals surface area contributed by atoms with Crippen LogP contribution in [0.1, 0.15) is 16.8 Å². The zero-order valence-corrected chi connectivity index (χ0v) is 15.4. The third-order valence-corrected chi connectivity index (χ3v) is 6.08. The fourth-order valence-electron chi connectivity index (χ4n) is 2.82. The fraction of sp³-hybridized carbons (Fsp3) is 0.353. The Morgan fingerprint density at radius 1 is 1.27 bits per heavy atom. The number of carbonyl (C=O) groups excluding carboxylic acids is 1. The first kappa shape index (κ1) is 18.1. The highest BCUT2D eigenvalue weighted by Gasteiger charge is 2.33. The normalized spacial score (nSPS) is 18.3. The maximum atomic E-state index is 12.5. The molecule has 1 saturated heterocycles. The highest BCUT2D eigenvalue weighted by Crippen LogP contribution is 2.25. The van der Waals surface area contributed by atoms with E-state index in [0.717, 1.165) is 0 Å². The lowest BCUT2D eigenvalue weighted by Crippen LogP contribution is -2.37. The second kappa shape index (κ2) is 7.28. The van der Waals surface area contributed by atoms with Gasteiger partial charge in [-0.1, -0.05) is 12.1 Å². The molecule has 8 nitrogen and oxygen atoms in total. The van der Waals surface area contributed by atoms with Gasteiger partial charge in [0.1, 0.15) is 5.75 Å². The molecule has 9 heteroatoms. The standard InChI is InChI=1S/C17H20N4O4S/c1-21(13-7-8-26(23,24)11-13)16(22)12-9-18-17(19-10-12)20-14-5-3-4-6-15(14)25-2/h3-6,9-10,13H,7-8,11H2,1-2H3,(H,18,19,20). The number of rotatable bonds is 5. The summed E-state index contributed by atoms with van der Waals surface area (Å²) in [6, 6.07) is 7.04. The third-order valence-electron chi connectivity index (χ3n) is 4.33. The molecule has 0 radical (unpaired) electrons. The number of amides is 1. The first-order chi connectivity index (χ1) is 12.4. The van der Waals surface area contributed by atoms with Gasteiger partial charge in [-0.2, -0.15) is 0 Å². The van der Waals surface area contributed by atoms with E-state index in [-0.39, 0.29) is 23.5 Å². The predicted molar refractivity (Wildman–Crippen MR) is 97.5 cm³/mol. The summed E-state index contributed by atoms with van der Waals surface area (Å²) in [4.78, 5) is 22.3. The first-order valence-electron chi connectivity index (χ1n) is 8.09. The number of carbonyl (C=O) groups is 1. The molecule has 1 aliphatic heterocycles. The average molecular weight is 376 g/mol. The Hall–Kier alpha value is -2.68. The lowest BCUT2D eigenvalue weighted by Gasteiger charge is -2.23. The first-order valence-corrected chi connectivity index (χ1v) is 9.91. The lowest BCUT2D eigenvalue weighted by molar-refractivity contribution is 0.0747. The van der Waals surface area contributed by atoms with Gasteiger partial charge in [0.15, 0.2) is 9.84 Å². The van der Waals surface area contributed by atoms with Crippen LogP contribution in [-0.2, 0) is 9.84 Å². The van der Waals surface area contributed by atoms with E-state index in [9.17, 15) is 13.2 Å². The Labute approximate surface area is 152 Å². The Balaban J connectivity index is 1.70. The van der Waals surface area contributed by atoms with E-state index in [1.165, 1.54) is 17.3 Å². The van der Waals surface area contributed by atoms with Crippen molar-refractivity contribution in [1.82, 2.24) is 14.9 Å². The molecule has 1 unspecified atom stereocenters. The van der Waals surface area contributed by atoms with Crippen molar-refractivity contribution in [3.05, 3.63) is 42.2 Å². The number of aromatic nitrogens is 2. The molecule has 1 aromatic carbocycles. The number of benzene rings is 1. The Bertz CT molecular complexity index is 899. The van der Waals surface area contributed by atoms with Gasteiger partial charge in [0.25, 0.3) is 5.91 Å². The fourth-order valence-corrected chi connectivity index (χ4v) is 4.60. The van der Waals surface area contributed by atoms with Crippen LogP contribution in [0.2, 0.25) is 0 Å². The van der Waals surface area contributed by atoms with E-state index in [1.807, 2.05) is 24.3 Å². The molecule has 1 aromatic heterocycles. The number of para-hydroxylation sites is 2. The van der Waals surface area contributed by atoms with E-state index in [1.54, 1.807) is 14.2 Å². The van der Waals surface area contributed by atoms with Gasteiger partial charge < -0.3 is 15.0 Å². The van der Waals surface area contributed by atoms with Crippen molar-refractivity contribution in [2.45, 2.75) is 12.5 Å². The zero-order valence-electron chi connectivity index (χ0n) is 14.5. The number of anilines is 2. The molecule has 1 fully saturated rings. The van der Waals surface area contributed by atoms with Gasteiger partial charge in [-0.3, -0.25) is 4.79 Å². The molecule has 26 heavy (non-hydrogen) atoms. The number of ether oxygens (including phenoxy) is 1. The van der Waals surface area contributed by atoms with Gasteiger partial charge in [0.2, 0.25) is 5.95 Å². The molecule has 0 bridgehead atoms. The van der Waals surface area contributed by atoms with E-state index < -0.39 is 9.84 Å².